The van der Waals surface area contributed by atoms with E-state index >= 15 is 0 Å². The molecule has 0 unspecified atom stereocenters. The van der Waals surface area contributed by atoms with Crippen molar-refractivity contribution < 1.29 is 32.2 Å². The Morgan fingerprint density at radius 1 is 1.10 bits per heavy atom. The van der Waals surface area contributed by atoms with Crippen molar-refractivity contribution in [2.45, 2.75) is 25.0 Å². The molecule has 1 aromatic rings. The Labute approximate surface area is 180 Å². The molecule has 2 amide bonds. The van der Waals surface area contributed by atoms with Crippen molar-refractivity contribution in [2.24, 2.45) is 0 Å². The van der Waals surface area contributed by atoms with Crippen LogP contribution in [0.25, 0.3) is 0 Å². The van der Waals surface area contributed by atoms with Gasteiger partial charge in [0.1, 0.15) is 5.82 Å². The molecule has 0 spiro atoms. The minimum absolute atomic E-state index is 0.0717. The number of nitrogens with zero attached hydrogens (tertiary/aromatic N) is 4. The number of ether oxygens (including phenoxy) is 1. The SMILES string of the molecule is CN(C)C(=O)N1CCN(S(=O)(=O)N2CCC(c3ccc(F)cc3)CC2)[C@H](OC(=O)O)C1. The summed E-state index contributed by atoms with van der Waals surface area (Å²) < 4.78 is 46.8. The van der Waals surface area contributed by atoms with Gasteiger partial charge in [0, 0.05) is 40.3 Å². The Morgan fingerprint density at radius 3 is 2.26 bits per heavy atom. The summed E-state index contributed by atoms with van der Waals surface area (Å²) in [5.41, 5.74) is 0.960. The van der Waals surface area contributed by atoms with E-state index in [1.54, 1.807) is 26.2 Å². The molecule has 31 heavy (non-hydrogen) atoms. The van der Waals surface area contributed by atoms with Crippen molar-refractivity contribution in [3.63, 3.8) is 0 Å². The second-order valence-corrected chi connectivity index (χ2v) is 9.69. The fraction of sp³-hybridized carbons (Fsp3) is 0.579. The van der Waals surface area contributed by atoms with E-state index in [4.69, 9.17) is 9.84 Å². The van der Waals surface area contributed by atoms with Gasteiger partial charge in [0.2, 0.25) is 0 Å². The minimum atomic E-state index is -3.99. The molecule has 2 aliphatic heterocycles. The van der Waals surface area contributed by atoms with Crippen LogP contribution in [0, 0.1) is 5.82 Å². The first kappa shape index (κ1) is 23.2. The molecule has 2 aliphatic rings. The number of hydrogen-bond acceptors (Lipinski definition) is 5. The number of benzene rings is 1. The predicted molar refractivity (Wildman–Crippen MR) is 109 cm³/mol. The van der Waals surface area contributed by atoms with Gasteiger partial charge < -0.3 is 19.6 Å². The molecule has 0 aromatic heterocycles. The largest absolute Gasteiger partial charge is 0.507 e. The van der Waals surface area contributed by atoms with Crippen LogP contribution < -0.4 is 0 Å². The molecule has 0 bridgehead atoms. The van der Waals surface area contributed by atoms with E-state index in [2.05, 4.69) is 0 Å². The van der Waals surface area contributed by atoms with Crippen molar-refractivity contribution in [1.29, 1.82) is 0 Å². The molecule has 2 fully saturated rings. The van der Waals surface area contributed by atoms with E-state index in [1.165, 1.54) is 26.2 Å². The lowest BCUT2D eigenvalue weighted by Gasteiger charge is -2.42. The molecule has 10 nitrogen and oxygen atoms in total. The third-order valence-electron chi connectivity index (χ3n) is 5.60. The lowest BCUT2D eigenvalue weighted by atomic mass is 9.90. The van der Waals surface area contributed by atoms with Crippen molar-refractivity contribution in [2.75, 3.05) is 46.8 Å². The van der Waals surface area contributed by atoms with Gasteiger partial charge in [-0.05, 0) is 36.5 Å². The standard InChI is InChI=1S/C19H27FN4O6S/c1-21(2)18(25)22-11-12-24(17(13-22)30-19(26)27)31(28,29)23-9-7-15(8-10-23)14-3-5-16(20)6-4-14/h3-6,15,17H,7-13H2,1-2H3,(H,26,27)/t17-/m1/s1. The van der Waals surface area contributed by atoms with Gasteiger partial charge in [-0.1, -0.05) is 12.1 Å². The van der Waals surface area contributed by atoms with Crippen molar-refractivity contribution >= 4 is 22.4 Å². The van der Waals surface area contributed by atoms with Gasteiger partial charge in [0.05, 0.1) is 6.54 Å². The van der Waals surface area contributed by atoms with Crippen molar-refractivity contribution in [3.05, 3.63) is 35.6 Å². The van der Waals surface area contributed by atoms with E-state index in [0.29, 0.717) is 12.8 Å². The maximum Gasteiger partial charge on any atom is 0.507 e. The number of hydrogen-bond donors (Lipinski definition) is 1. The Kier molecular flexibility index (Phi) is 7.02. The topological polar surface area (TPSA) is 111 Å². The molecule has 1 N–H and O–H groups in total. The number of carboxylic acid groups (broad SMARTS) is 1. The summed E-state index contributed by atoms with van der Waals surface area (Å²) in [5, 5.41) is 9.08. The zero-order valence-electron chi connectivity index (χ0n) is 17.5. The van der Waals surface area contributed by atoms with Gasteiger partial charge >= 0.3 is 12.2 Å². The molecule has 0 radical (unpaired) electrons. The Morgan fingerprint density at radius 2 is 1.71 bits per heavy atom. The Balaban J connectivity index is 1.70. The summed E-state index contributed by atoms with van der Waals surface area (Å²) in [7, 11) is -0.876. The predicted octanol–water partition coefficient (Wildman–Crippen LogP) is 1.57. The monoisotopic (exact) mass is 458 g/mol. The molecule has 172 valence electrons. The second-order valence-electron chi connectivity index (χ2n) is 7.80. The molecule has 3 rings (SSSR count). The molecule has 1 atom stereocenters. The number of carbonyl (C=O) groups is 2. The maximum absolute atomic E-state index is 13.2. The number of halogens is 1. The molecule has 12 heteroatoms. The summed E-state index contributed by atoms with van der Waals surface area (Å²) in [6, 6.07) is 5.85. The first-order valence-electron chi connectivity index (χ1n) is 9.97. The molecule has 2 saturated heterocycles. The van der Waals surface area contributed by atoms with E-state index in [-0.39, 0.29) is 50.5 Å². The number of rotatable bonds is 4. The third kappa shape index (κ3) is 5.25. The van der Waals surface area contributed by atoms with Crippen LogP contribution in [0.3, 0.4) is 0 Å². The number of piperazine rings is 1. The van der Waals surface area contributed by atoms with Crippen molar-refractivity contribution in [1.82, 2.24) is 18.4 Å². The highest BCUT2D eigenvalue weighted by Gasteiger charge is 2.43. The van der Waals surface area contributed by atoms with Gasteiger partial charge in [-0.15, -0.1) is 4.31 Å². The summed E-state index contributed by atoms with van der Waals surface area (Å²) in [6.07, 6.45) is -1.81. The highest BCUT2D eigenvalue weighted by molar-refractivity contribution is 7.86. The maximum atomic E-state index is 13.2. The molecular weight excluding hydrogens is 431 g/mol. The van der Waals surface area contributed by atoms with Gasteiger partial charge in [-0.25, -0.2) is 14.0 Å². The summed E-state index contributed by atoms with van der Waals surface area (Å²) >= 11 is 0. The van der Waals surface area contributed by atoms with Gasteiger partial charge in [-0.2, -0.15) is 12.7 Å². The smallest absolute Gasteiger partial charge is 0.450 e. The zero-order valence-corrected chi connectivity index (χ0v) is 18.3. The fourth-order valence-corrected chi connectivity index (χ4v) is 5.66. The summed E-state index contributed by atoms with van der Waals surface area (Å²) in [5.74, 6) is -0.201. The second kappa shape index (κ2) is 9.37. The van der Waals surface area contributed by atoms with Crippen LogP contribution in [0.1, 0.15) is 24.3 Å². The van der Waals surface area contributed by atoms with Crippen LogP contribution in [0.4, 0.5) is 14.0 Å². The molecule has 0 saturated carbocycles. The molecular formula is C19H27FN4O6S. The van der Waals surface area contributed by atoms with Gasteiger partial charge in [0.15, 0.2) is 6.23 Å². The molecule has 1 aromatic carbocycles. The zero-order chi connectivity index (χ0) is 22.8. The first-order chi connectivity index (χ1) is 14.6. The highest BCUT2D eigenvalue weighted by Crippen LogP contribution is 2.31. The molecule has 0 aliphatic carbocycles. The van der Waals surface area contributed by atoms with Gasteiger partial charge in [-0.3, -0.25) is 0 Å². The average Bonchev–Trinajstić information content (AvgIpc) is 2.73. The Bertz CT molecular complexity index is 902. The van der Waals surface area contributed by atoms with Crippen molar-refractivity contribution in [3.8, 4) is 0 Å². The average molecular weight is 459 g/mol. The summed E-state index contributed by atoms with van der Waals surface area (Å²) in [4.78, 5) is 26.1. The van der Waals surface area contributed by atoms with E-state index in [1.807, 2.05) is 0 Å². The first-order valence-corrected chi connectivity index (χ1v) is 11.4. The van der Waals surface area contributed by atoms with Crippen LogP contribution in [0.15, 0.2) is 24.3 Å². The van der Waals surface area contributed by atoms with Crippen LogP contribution in [-0.4, -0.2) is 97.2 Å². The number of amides is 2. The molecule has 2 heterocycles. The van der Waals surface area contributed by atoms with Crippen LogP contribution in [0.5, 0.6) is 0 Å². The van der Waals surface area contributed by atoms with E-state index in [9.17, 15) is 22.4 Å². The van der Waals surface area contributed by atoms with E-state index in [0.717, 1.165) is 9.87 Å². The lowest BCUT2D eigenvalue weighted by Crippen LogP contribution is -2.61. The number of carbonyl (C=O) groups excluding carboxylic acids is 1. The van der Waals surface area contributed by atoms with Crippen LogP contribution >= 0.6 is 0 Å². The number of piperidine rings is 1. The third-order valence-corrected chi connectivity index (χ3v) is 7.62. The normalized spacial score (nSPS) is 21.6. The van der Waals surface area contributed by atoms with E-state index < -0.39 is 22.6 Å². The lowest BCUT2D eigenvalue weighted by molar-refractivity contribution is -0.0361. The quantitative estimate of drug-likeness (QED) is 0.686. The summed E-state index contributed by atoms with van der Waals surface area (Å²) in [6.45, 7) is 0.371. The van der Waals surface area contributed by atoms with Crippen LogP contribution in [-0.2, 0) is 14.9 Å². The number of urea groups is 1. The highest BCUT2D eigenvalue weighted by atomic mass is 32.2. The van der Waals surface area contributed by atoms with Gasteiger partial charge in [0.25, 0.3) is 10.2 Å². The fourth-order valence-electron chi connectivity index (χ4n) is 3.97. The van der Waals surface area contributed by atoms with Crippen LogP contribution in [0.2, 0.25) is 0 Å². The Hall–Kier alpha value is -2.44. The minimum Gasteiger partial charge on any atom is -0.450 e.